The standard InChI is InChI=1S/C25H37N3O12S/c1-15(30)38-13-16-2-3-19(39-24-11-18(31)25(35)20(12-29)40-24)17(10-16)28-22(33)4-6-26-23(34)14-37-8-7-27-21(32)5-9-41-36/h2-3,10,18,20,24-25,29,31,35-36H,4-9,11-14H2,1H3,(H,26,34)(H,27,32)(H,28,33). The van der Waals surface area contributed by atoms with Crippen molar-refractivity contribution in [2.45, 2.75) is 57.4 Å². The molecule has 0 bridgehead atoms. The van der Waals surface area contributed by atoms with Crippen LogP contribution in [0.15, 0.2) is 18.2 Å². The number of rotatable bonds is 17. The van der Waals surface area contributed by atoms with Crippen molar-refractivity contribution in [2.24, 2.45) is 0 Å². The lowest BCUT2D eigenvalue weighted by Gasteiger charge is -2.36. The maximum atomic E-state index is 12.6. The summed E-state index contributed by atoms with van der Waals surface area (Å²) in [6, 6.07) is 4.64. The zero-order valence-corrected chi connectivity index (χ0v) is 23.4. The van der Waals surface area contributed by atoms with Gasteiger partial charge in [0, 0.05) is 45.0 Å². The van der Waals surface area contributed by atoms with Gasteiger partial charge in [-0.05, 0) is 29.7 Å². The highest BCUT2D eigenvalue weighted by atomic mass is 32.2. The topological polar surface area (TPSA) is 222 Å². The molecule has 0 saturated carbocycles. The summed E-state index contributed by atoms with van der Waals surface area (Å²) in [7, 11) is 0. The highest BCUT2D eigenvalue weighted by Gasteiger charge is 2.37. The summed E-state index contributed by atoms with van der Waals surface area (Å²) in [5.74, 6) is -1.22. The predicted molar refractivity (Wildman–Crippen MR) is 145 cm³/mol. The van der Waals surface area contributed by atoms with Crippen LogP contribution in [0.25, 0.3) is 0 Å². The predicted octanol–water partition coefficient (Wildman–Crippen LogP) is -0.868. The zero-order valence-electron chi connectivity index (χ0n) is 22.6. The third kappa shape index (κ3) is 13.0. The average molecular weight is 604 g/mol. The van der Waals surface area contributed by atoms with E-state index in [1.165, 1.54) is 19.1 Å². The summed E-state index contributed by atoms with van der Waals surface area (Å²) >= 11 is 0.575. The van der Waals surface area contributed by atoms with Gasteiger partial charge < -0.3 is 54.8 Å². The van der Waals surface area contributed by atoms with Crippen LogP contribution in [0.4, 0.5) is 5.69 Å². The van der Waals surface area contributed by atoms with Crippen LogP contribution in [0.1, 0.15) is 31.7 Å². The summed E-state index contributed by atoms with van der Waals surface area (Å²) in [5.41, 5.74) is 0.753. The van der Waals surface area contributed by atoms with Crippen molar-refractivity contribution in [1.29, 1.82) is 0 Å². The molecule has 15 nitrogen and oxygen atoms in total. The maximum Gasteiger partial charge on any atom is 0.302 e. The van der Waals surface area contributed by atoms with Crippen LogP contribution in [0, 0.1) is 0 Å². The van der Waals surface area contributed by atoms with Gasteiger partial charge in [0.15, 0.2) is 0 Å². The number of anilines is 1. The van der Waals surface area contributed by atoms with E-state index in [1.807, 2.05) is 0 Å². The monoisotopic (exact) mass is 603 g/mol. The minimum atomic E-state index is -1.28. The van der Waals surface area contributed by atoms with E-state index in [0.29, 0.717) is 17.6 Å². The summed E-state index contributed by atoms with van der Waals surface area (Å²) in [5, 5.41) is 37.2. The largest absolute Gasteiger partial charge is 0.463 e. The Bertz CT molecular complexity index is 1010. The minimum Gasteiger partial charge on any atom is -0.463 e. The van der Waals surface area contributed by atoms with Crippen LogP contribution in [-0.2, 0) is 40.0 Å². The molecule has 1 fully saturated rings. The van der Waals surface area contributed by atoms with Gasteiger partial charge in [0.05, 0.1) is 25.0 Å². The van der Waals surface area contributed by atoms with Crippen molar-refractivity contribution in [3.63, 3.8) is 0 Å². The molecule has 4 unspecified atom stereocenters. The van der Waals surface area contributed by atoms with Crippen LogP contribution < -0.4 is 20.7 Å². The van der Waals surface area contributed by atoms with E-state index in [1.54, 1.807) is 6.07 Å². The maximum absolute atomic E-state index is 12.6. The Morgan fingerprint density at radius 1 is 1.07 bits per heavy atom. The molecule has 7 N–H and O–H groups in total. The summed E-state index contributed by atoms with van der Waals surface area (Å²) in [4.78, 5) is 47.2. The van der Waals surface area contributed by atoms with E-state index in [9.17, 15) is 34.5 Å². The minimum absolute atomic E-state index is 0.000908. The fraction of sp³-hybridized carbons (Fsp3) is 0.600. The Kier molecular flexibility index (Phi) is 15.4. The second-order valence-corrected chi connectivity index (χ2v) is 9.61. The van der Waals surface area contributed by atoms with Crippen molar-refractivity contribution in [3.8, 4) is 5.75 Å². The van der Waals surface area contributed by atoms with E-state index in [2.05, 4.69) is 16.0 Å². The molecule has 1 saturated heterocycles. The summed E-state index contributed by atoms with van der Waals surface area (Å²) in [6.07, 6.45) is -4.61. The van der Waals surface area contributed by atoms with E-state index in [0.717, 1.165) is 0 Å². The van der Waals surface area contributed by atoms with E-state index >= 15 is 0 Å². The van der Waals surface area contributed by atoms with Gasteiger partial charge in [0.25, 0.3) is 0 Å². The van der Waals surface area contributed by atoms with E-state index in [4.69, 9.17) is 23.5 Å². The van der Waals surface area contributed by atoms with Crippen molar-refractivity contribution in [1.82, 2.24) is 10.6 Å². The molecule has 0 radical (unpaired) electrons. The molecule has 0 aromatic heterocycles. The molecule has 4 atom stereocenters. The number of carbonyl (C=O) groups is 4. The highest BCUT2D eigenvalue weighted by Crippen LogP contribution is 2.30. The Balaban J connectivity index is 1.86. The van der Waals surface area contributed by atoms with Gasteiger partial charge in [0.2, 0.25) is 24.0 Å². The number of benzene rings is 1. The second-order valence-electron chi connectivity index (χ2n) is 8.94. The van der Waals surface area contributed by atoms with Crippen molar-refractivity contribution >= 4 is 41.4 Å². The van der Waals surface area contributed by atoms with Gasteiger partial charge in [-0.15, -0.1) is 0 Å². The number of esters is 1. The molecule has 1 heterocycles. The quantitative estimate of drug-likeness (QED) is 0.0654. The fourth-order valence-corrected chi connectivity index (χ4v) is 3.85. The zero-order chi connectivity index (χ0) is 30.2. The van der Waals surface area contributed by atoms with Gasteiger partial charge in [-0.2, -0.15) is 0 Å². The third-order valence-electron chi connectivity index (χ3n) is 5.63. The molecular weight excluding hydrogens is 566 g/mol. The summed E-state index contributed by atoms with van der Waals surface area (Å²) < 4.78 is 30.1. The van der Waals surface area contributed by atoms with Gasteiger partial charge in [-0.3, -0.25) is 19.2 Å². The molecule has 1 aromatic rings. The van der Waals surface area contributed by atoms with E-state index < -0.39 is 49.0 Å². The number of hydrogen-bond donors (Lipinski definition) is 7. The number of hydrogen-bond acceptors (Lipinski definition) is 13. The van der Waals surface area contributed by atoms with Gasteiger partial charge >= 0.3 is 5.97 Å². The number of nitrogens with one attached hydrogen (secondary N) is 3. The van der Waals surface area contributed by atoms with E-state index in [-0.39, 0.29) is 75.3 Å². The lowest BCUT2D eigenvalue weighted by molar-refractivity contribution is -0.229. The molecule has 1 aliphatic heterocycles. The number of aliphatic hydroxyl groups excluding tert-OH is 3. The Labute approximate surface area is 241 Å². The van der Waals surface area contributed by atoms with Crippen LogP contribution in [0.2, 0.25) is 0 Å². The van der Waals surface area contributed by atoms with Crippen molar-refractivity contribution in [3.05, 3.63) is 23.8 Å². The molecule has 0 spiro atoms. The molecule has 230 valence electrons. The molecule has 1 aromatic carbocycles. The van der Waals surface area contributed by atoms with Crippen LogP contribution in [0.5, 0.6) is 5.75 Å². The fourth-order valence-electron chi connectivity index (χ4n) is 3.57. The first-order chi connectivity index (χ1) is 19.6. The molecule has 41 heavy (non-hydrogen) atoms. The smallest absolute Gasteiger partial charge is 0.302 e. The van der Waals surface area contributed by atoms with Crippen LogP contribution in [-0.4, -0.2) is 107 Å². The number of ether oxygens (including phenoxy) is 4. The lowest BCUT2D eigenvalue weighted by Crippen LogP contribution is -2.51. The molecule has 3 amide bonds. The number of carbonyl (C=O) groups excluding carboxylic acids is 4. The second kappa shape index (κ2) is 18.4. The molecule has 0 aliphatic carbocycles. The van der Waals surface area contributed by atoms with Gasteiger partial charge in [-0.1, -0.05) is 6.07 Å². The SMILES string of the molecule is CC(=O)OCc1ccc(OC2CC(O)C(O)C(CO)O2)c(NC(=O)CCNC(=O)COCCNC(=O)CCSO)c1. The number of aliphatic hydroxyl groups is 3. The normalized spacial score (nSPS) is 20.1. The van der Waals surface area contributed by atoms with Gasteiger partial charge in [-0.25, -0.2) is 0 Å². The third-order valence-corrected chi connectivity index (χ3v) is 6.02. The lowest BCUT2D eigenvalue weighted by atomic mass is 10.0. The molecular formula is C25H37N3O12S. The number of amides is 3. The molecule has 2 rings (SSSR count). The Hall–Kier alpha value is -2.99. The molecule has 1 aliphatic rings. The summed E-state index contributed by atoms with van der Waals surface area (Å²) in [6.45, 7) is 0.710. The highest BCUT2D eigenvalue weighted by molar-refractivity contribution is 7.93. The van der Waals surface area contributed by atoms with Crippen LogP contribution >= 0.6 is 12.0 Å². The van der Waals surface area contributed by atoms with Crippen molar-refractivity contribution in [2.75, 3.05) is 44.0 Å². The molecule has 16 heteroatoms. The first-order valence-electron chi connectivity index (χ1n) is 12.9. The Morgan fingerprint density at radius 3 is 2.54 bits per heavy atom. The van der Waals surface area contributed by atoms with Crippen molar-refractivity contribution < 1.29 is 58.0 Å². The first-order valence-corrected chi connectivity index (χ1v) is 13.8. The van der Waals surface area contributed by atoms with Crippen LogP contribution in [0.3, 0.4) is 0 Å². The van der Waals surface area contributed by atoms with Gasteiger partial charge in [0.1, 0.15) is 31.2 Å². The Morgan fingerprint density at radius 2 is 1.83 bits per heavy atom. The average Bonchev–Trinajstić information content (AvgIpc) is 2.93. The first kappa shape index (κ1) is 34.2.